The fraction of sp³-hybridized carbons (Fsp3) is 0.481. The number of hydrogen-bond acceptors (Lipinski definition) is 3. The lowest BCUT2D eigenvalue weighted by molar-refractivity contribution is -0.139. The van der Waals surface area contributed by atoms with Gasteiger partial charge in [0.25, 0.3) is 0 Å². The third-order valence-corrected chi connectivity index (χ3v) is 7.42. The number of carbonyl (C=O) groups excluding carboxylic acids is 2. The van der Waals surface area contributed by atoms with Gasteiger partial charge in [0.15, 0.2) is 0 Å². The number of hydrogen-bond donors (Lipinski definition) is 1. The molecule has 3 rings (SSSR count). The molecule has 0 unspecified atom stereocenters. The Morgan fingerprint density at radius 1 is 1.09 bits per heavy atom. The van der Waals surface area contributed by atoms with Crippen LogP contribution in [0.3, 0.4) is 0 Å². The summed E-state index contributed by atoms with van der Waals surface area (Å²) in [7, 11) is 0. The van der Waals surface area contributed by atoms with Crippen molar-refractivity contribution in [3.63, 3.8) is 0 Å². The van der Waals surface area contributed by atoms with E-state index in [1.807, 2.05) is 50.2 Å². The average Bonchev–Trinajstić information content (AvgIpc) is 2.81. The zero-order valence-corrected chi connectivity index (χ0v) is 21.3. The van der Waals surface area contributed by atoms with Crippen LogP contribution >= 0.6 is 23.4 Å². The Balaban J connectivity index is 1.69. The molecular weight excluding hydrogens is 452 g/mol. The van der Waals surface area contributed by atoms with Crippen molar-refractivity contribution in [1.82, 2.24) is 10.2 Å². The van der Waals surface area contributed by atoms with E-state index in [2.05, 4.69) is 17.4 Å². The Morgan fingerprint density at radius 3 is 2.48 bits per heavy atom. The molecule has 0 heterocycles. The molecule has 1 aliphatic carbocycles. The normalized spacial score (nSPS) is 15.1. The molecule has 0 spiro atoms. The number of carbonyl (C=O) groups is 2. The van der Waals surface area contributed by atoms with Crippen molar-refractivity contribution in [2.24, 2.45) is 0 Å². The molecule has 0 saturated heterocycles. The molecule has 2 aromatic carbocycles. The van der Waals surface area contributed by atoms with E-state index in [1.165, 1.54) is 12.0 Å². The van der Waals surface area contributed by atoms with Crippen LogP contribution in [0.1, 0.15) is 62.1 Å². The molecule has 1 saturated carbocycles. The van der Waals surface area contributed by atoms with Gasteiger partial charge in [-0.2, -0.15) is 0 Å². The number of halogens is 1. The predicted molar refractivity (Wildman–Crippen MR) is 138 cm³/mol. The molecule has 1 atom stereocenters. The highest BCUT2D eigenvalue weighted by Crippen LogP contribution is 2.21. The number of amides is 2. The Hall–Kier alpha value is -1.98. The SMILES string of the molecule is CC[C@H](C(=O)NC1CCCCC1)N(Cc1ccc(C)cc1)C(=O)CSCc1cccc(Cl)c1. The Labute approximate surface area is 207 Å². The summed E-state index contributed by atoms with van der Waals surface area (Å²) in [5.41, 5.74) is 3.31. The summed E-state index contributed by atoms with van der Waals surface area (Å²) >= 11 is 7.64. The first kappa shape index (κ1) is 25.6. The summed E-state index contributed by atoms with van der Waals surface area (Å²) in [6, 6.07) is 15.7. The van der Waals surface area contributed by atoms with Crippen molar-refractivity contribution in [2.45, 2.75) is 76.8 Å². The number of thioether (sulfide) groups is 1. The molecule has 0 bridgehead atoms. The molecule has 2 amide bonds. The van der Waals surface area contributed by atoms with Crippen LogP contribution in [0, 0.1) is 6.92 Å². The van der Waals surface area contributed by atoms with Crippen molar-refractivity contribution in [2.75, 3.05) is 5.75 Å². The van der Waals surface area contributed by atoms with Crippen molar-refractivity contribution in [3.8, 4) is 0 Å². The van der Waals surface area contributed by atoms with Crippen LogP contribution in [0.2, 0.25) is 5.02 Å². The molecule has 0 aliphatic heterocycles. The molecule has 1 N–H and O–H groups in total. The fourth-order valence-electron chi connectivity index (χ4n) is 4.32. The zero-order valence-electron chi connectivity index (χ0n) is 19.7. The molecule has 4 nitrogen and oxygen atoms in total. The fourth-order valence-corrected chi connectivity index (χ4v) is 5.39. The van der Waals surface area contributed by atoms with Gasteiger partial charge in [-0.3, -0.25) is 9.59 Å². The number of nitrogens with one attached hydrogen (secondary N) is 1. The second-order valence-corrected chi connectivity index (χ2v) is 10.3. The van der Waals surface area contributed by atoms with E-state index in [0.29, 0.717) is 29.5 Å². The molecule has 178 valence electrons. The standard InChI is InChI=1S/C27H35ClN2O2S/c1-3-25(27(32)29-24-10-5-4-6-11-24)30(17-21-14-12-20(2)13-15-21)26(31)19-33-18-22-8-7-9-23(28)16-22/h7-9,12-16,24-25H,3-6,10-11,17-19H2,1-2H3,(H,29,32)/t25-/m1/s1. The third kappa shape index (κ3) is 8.08. The van der Waals surface area contributed by atoms with Gasteiger partial charge in [0.05, 0.1) is 5.75 Å². The van der Waals surface area contributed by atoms with E-state index in [9.17, 15) is 9.59 Å². The summed E-state index contributed by atoms with van der Waals surface area (Å²) in [4.78, 5) is 28.4. The predicted octanol–water partition coefficient (Wildman–Crippen LogP) is 6.14. The number of benzene rings is 2. The van der Waals surface area contributed by atoms with E-state index >= 15 is 0 Å². The molecule has 0 radical (unpaired) electrons. The molecular formula is C27H35ClN2O2S. The second-order valence-electron chi connectivity index (χ2n) is 8.90. The Kier molecular flexibility index (Phi) is 10.1. The van der Waals surface area contributed by atoms with Crippen LogP contribution in [0.25, 0.3) is 0 Å². The summed E-state index contributed by atoms with van der Waals surface area (Å²) in [6.45, 7) is 4.47. The monoisotopic (exact) mass is 486 g/mol. The van der Waals surface area contributed by atoms with Crippen molar-refractivity contribution in [1.29, 1.82) is 0 Å². The average molecular weight is 487 g/mol. The first-order valence-corrected chi connectivity index (χ1v) is 13.5. The lowest BCUT2D eigenvalue weighted by Crippen LogP contribution is -2.52. The smallest absolute Gasteiger partial charge is 0.243 e. The summed E-state index contributed by atoms with van der Waals surface area (Å²) in [5, 5.41) is 3.93. The van der Waals surface area contributed by atoms with Crippen LogP contribution in [-0.2, 0) is 21.9 Å². The summed E-state index contributed by atoms with van der Waals surface area (Å²) in [6.07, 6.45) is 6.22. The third-order valence-electron chi connectivity index (χ3n) is 6.19. The van der Waals surface area contributed by atoms with Crippen molar-refractivity contribution < 1.29 is 9.59 Å². The van der Waals surface area contributed by atoms with Gasteiger partial charge in [-0.1, -0.05) is 79.7 Å². The lowest BCUT2D eigenvalue weighted by Gasteiger charge is -2.32. The Bertz CT molecular complexity index is 913. The van der Waals surface area contributed by atoms with E-state index in [1.54, 1.807) is 16.7 Å². The molecule has 6 heteroatoms. The summed E-state index contributed by atoms with van der Waals surface area (Å²) < 4.78 is 0. The first-order chi connectivity index (χ1) is 16.0. The minimum Gasteiger partial charge on any atom is -0.352 e. The maximum absolute atomic E-state index is 13.4. The van der Waals surface area contributed by atoms with E-state index in [-0.39, 0.29) is 17.9 Å². The number of rotatable bonds is 10. The largest absolute Gasteiger partial charge is 0.352 e. The van der Waals surface area contributed by atoms with E-state index in [0.717, 1.165) is 36.8 Å². The Morgan fingerprint density at radius 2 is 1.82 bits per heavy atom. The van der Waals surface area contributed by atoms with E-state index in [4.69, 9.17) is 11.6 Å². The zero-order chi connectivity index (χ0) is 23.6. The highest BCUT2D eigenvalue weighted by molar-refractivity contribution is 7.99. The minimum absolute atomic E-state index is 0.00625. The van der Waals surface area contributed by atoms with Gasteiger partial charge in [-0.25, -0.2) is 0 Å². The van der Waals surface area contributed by atoms with Crippen molar-refractivity contribution >= 4 is 35.2 Å². The maximum atomic E-state index is 13.4. The van der Waals surface area contributed by atoms with Crippen LogP contribution in [0.15, 0.2) is 48.5 Å². The van der Waals surface area contributed by atoms with Gasteiger partial charge in [0.1, 0.15) is 6.04 Å². The van der Waals surface area contributed by atoms with E-state index < -0.39 is 6.04 Å². The van der Waals surface area contributed by atoms with Crippen LogP contribution < -0.4 is 5.32 Å². The highest BCUT2D eigenvalue weighted by atomic mass is 35.5. The molecule has 2 aromatic rings. The molecule has 33 heavy (non-hydrogen) atoms. The second kappa shape index (κ2) is 13.0. The number of nitrogens with zero attached hydrogens (tertiary/aromatic N) is 1. The van der Waals surface area contributed by atoms with Crippen molar-refractivity contribution in [3.05, 3.63) is 70.2 Å². The maximum Gasteiger partial charge on any atom is 0.243 e. The first-order valence-electron chi connectivity index (χ1n) is 11.9. The molecule has 0 aromatic heterocycles. The summed E-state index contributed by atoms with van der Waals surface area (Å²) in [5.74, 6) is 0.999. The molecule has 1 fully saturated rings. The highest BCUT2D eigenvalue weighted by Gasteiger charge is 2.30. The van der Waals surface area contributed by atoms with Gasteiger partial charge in [-0.05, 0) is 49.4 Å². The van der Waals surface area contributed by atoms with Crippen LogP contribution in [0.4, 0.5) is 0 Å². The van der Waals surface area contributed by atoms with Gasteiger partial charge >= 0.3 is 0 Å². The molecule has 1 aliphatic rings. The van der Waals surface area contributed by atoms with Gasteiger partial charge < -0.3 is 10.2 Å². The topological polar surface area (TPSA) is 49.4 Å². The quantitative estimate of drug-likeness (QED) is 0.439. The minimum atomic E-state index is -0.465. The van der Waals surface area contributed by atoms with Gasteiger partial charge in [0.2, 0.25) is 11.8 Å². The van der Waals surface area contributed by atoms with Gasteiger partial charge in [-0.15, -0.1) is 11.8 Å². The lowest BCUT2D eigenvalue weighted by atomic mass is 9.95. The van der Waals surface area contributed by atoms with Gasteiger partial charge in [0, 0.05) is 23.4 Å². The number of aryl methyl sites for hydroxylation is 1. The van der Waals surface area contributed by atoms with Crippen LogP contribution in [-0.4, -0.2) is 34.6 Å². The van der Waals surface area contributed by atoms with Crippen LogP contribution in [0.5, 0.6) is 0 Å².